The van der Waals surface area contributed by atoms with E-state index in [1.807, 2.05) is 19.1 Å². The minimum Gasteiger partial charge on any atom is -0.504 e. The van der Waals surface area contributed by atoms with E-state index in [0.717, 1.165) is 5.56 Å². The Balaban J connectivity index is 3.05. The average Bonchev–Trinajstić information content (AvgIpc) is 2.05. The number of benzene rings is 1. The topological polar surface area (TPSA) is 29.5 Å². The number of rotatable bonds is 2. The number of phenolic OH excluding ortho intramolecular Hbond substituents is 1. The van der Waals surface area contributed by atoms with E-state index in [2.05, 4.69) is 15.9 Å². The van der Waals surface area contributed by atoms with Gasteiger partial charge in [-0.05, 0) is 24.6 Å². The maximum Gasteiger partial charge on any atom is 0.160 e. The summed E-state index contributed by atoms with van der Waals surface area (Å²) in [6, 6.07) is 5.30. The highest BCUT2D eigenvalue weighted by atomic mass is 79.9. The van der Waals surface area contributed by atoms with Crippen LogP contribution in [0.15, 0.2) is 18.2 Å². The Morgan fingerprint density at radius 1 is 1.50 bits per heavy atom. The predicted octanol–water partition coefficient (Wildman–Crippen LogP) is 2.86. The van der Waals surface area contributed by atoms with E-state index < -0.39 is 0 Å². The van der Waals surface area contributed by atoms with E-state index in [1.54, 1.807) is 6.07 Å². The first-order valence-corrected chi connectivity index (χ1v) is 4.57. The van der Waals surface area contributed by atoms with Gasteiger partial charge in [-0.15, -0.1) is 0 Å². The van der Waals surface area contributed by atoms with Gasteiger partial charge in [0.25, 0.3) is 0 Å². The van der Waals surface area contributed by atoms with Crippen molar-refractivity contribution in [1.82, 2.24) is 0 Å². The van der Waals surface area contributed by atoms with Gasteiger partial charge in [0.2, 0.25) is 0 Å². The molecular formula is C9H11BrO2. The van der Waals surface area contributed by atoms with Crippen molar-refractivity contribution in [1.29, 1.82) is 0 Å². The van der Waals surface area contributed by atoms with Crippen LogP contribution in [0.3, 0.4) is 0 Å². The molecule has 0 amide bonds. The molecule has 0 bridgehead atoms. The van der Waals surface area contributed by atoms with Crippen LogP contribution in [0.2, 0.25) is 0 Å². The lowest BCUT2D eigenvalue weighted by atomic mass is 10.1. The summed E-state index contributed by atoms with van der Waals surface area (Å²) in [4.78, 5) is 0.270. The number of hydrogen-bond donors (Lipinski definition) is 1. The summed E-state index contributed by atoms with van der Waals surface area (Å²) in [5, 5.41) is 9.28. The van der Waals surface area contributed by atoms with E-state index in [1.165, 1.54) is 7.11 Å². The van der Waals surface area contributed by atoms with Gasteiger partial charge < -0.3 is 9.84 Å². The SMILES string of the molecule is COc1cc(C(C)Br)ccc1O. The molecule has 1 rings (SSSR count). The standard InChI is InChI=1S/C9H11BrO2/c1-6(10)7-3-4-8(11)9(5-7)12-2/h3-6,11H,1-2H3. The lowest BCUT2D eigenvalue weighted by Gasteiger charge is -2.07. The van der Waals surface area contributed by atoms with Crippen LogP contribution in [0, 0.1) is 0 Å². The molecule has 0 fully saturated rings. The smallest absolute Gasteiger partial charge is 0.160 e. The summed E-state index contributed by atoms with van der Waals surface area (Å²) < 4.78 is 4.96. The summed E-state index contributed by atoms with van der Waals surface area (Å²) >= 11 is 3.43. The lowest BCUT2D eigenvalue weighted by Crippen LogP contribution is -1.87. The zero-order valence-corrected chi connectivity index (χ0v) is 8.63. The number of phenols is 1. The molecule has 3 heteroatoms. The molecule has 1 N–H and O–H groups in total. The summed E-state index contributed by atoms with van der Waals surface area (Å²) in [5.74, 6) is 0.688. The van der Waals surface area contributed by atoms with Crippen LogP contribution in [-0.4, -0.2) is 12.2 Å². The minimum atomic E-state index is 0.175. The molecule has 1 atom stereocenters. The van der Waals surface area contributed by atoms with Crippen molar-refractivity contribution < 1.29 is 9.84 Å². The molecule has 12 heavy (non-hydrogen) atoms. The van der Waals surface area contributed by atoms with Crippen molar-refractivity contribution in [2.24, 2.45) is 0 Å². The molecule has 1 aromatic carbocycles. The minimum absolute atomic E-state index is 0.175. The van der Waals surface area contributed by atoms with Crippen molar-refractivity contribution in [3.63, 3.8) is 0 Å². The Bertz CT molecular complexity index is 271. The summed E-state index contributed by atoms with van der Waals surface area (Å²) in [6.45, 7) is 2.02. The second-order valence-corrected chi connectivity index (χ2v) is 3.92. The Morgan fingerprint density at radius 3 is 2.67 bits per heavy atom. The second kappa shape index (κ2) is 3.81. The van der Waals surface area contributed by atoms with E-state index in [-0.39, 0.29) is 10.6 Å². The molecule has 0 aliphatic rings. The Labute approximate surface area is 80.3 Å². The largest absolute Gasteiger partial charge is 0.504 e. The van der Waals surface area contributed by atoms with Crippen molar-refractivity contribution in [3.8, 4) is 11.5 Å². The molecule has 0 spiro atoms. The highest BCUT2D eigenvalue weighted by Gasteiger charge is 2.05. The molecule has 0 aromatic heterocycles. The first-order chi connectivity index (χ1) is 5.65. The fraction of sp³-hybridized carbons (Fsp3) is 0.333. The maximum absolute atomic E-state index is 9.28. The molecule has 0 radical (unpaired) electrons. The van der Waals surface area contributed by atoms with E-state index in [9.17, 15) is 5.11 Å². The fourth-order valence-electron chi connectivity index (χ4n) is 0.942. The van der Waals surface area contributed by atoms with Crippen LogP contribution in [-0.2, 0) is 0 Å². The first-order valence-electron chi connectivity index (χ1n) is 3.66. The van der Waals surface area contributed by atoms with Gasteiger partial charge in [-0.1, -0.05) is 22.0 Å². The lowest BCUT2D eigenvalue weighted by molar-refractivity contribution is 0.373. The van der Waals surface area contributed by atoms with Crippen molar-refractivity contribution in [2.45, 2.75) is 11.8 Å². The van der Waals surface area contributed by atoms with Gasteiger partial charge in [0.15, 0.2) is 11.5 Å². The van der Waals surface area contributed by atoms with E-state index in [0.29, 0.717) is 5.75 Å². The van der Waals surface area contributed by atoms with Crippen LogP contribution in [0.4, 0.5) is 0 Å². The molecule has 0 heterocycles. The average molecular weight is 231 g/mol. The van der Waals surface area contributed by atoms with Gasteiger partial charge in [-0.25, -0.2) is 0 Å². The van der Waals surface area contributed by atoms with Gasteiger partial charge in [0.05, 0.1) is 7.11 Å². The summed E-state index contributed by atoms with van der Waals surface area (Å²) in [5.41, 5.74) is 1.09. The third-order valence-electron chi connectivity index (χ3n) is 1.66. The zero-order chi connectivity index (χ0) is 9.14. The third kappa shape index (κ3) is 1.91. The van der Waals surface area contributed by atoms with Crippen molar-refractivity contribution in [3.05, 3.63) is 23.8 Å². The number of halogens is 1. The molecule has 2 nitrogen and oxygen atoms in total. The molecule has 0 saturated heterocycles. The molecule has 1 unspecified atom stereocenters. The van der Waals surface area contributed by atoms with Gasteiger partial charge in [0, 0.05) is 4.83 Å². The molecule has 66 valence electrons. The number of aromatic hydroxyl groups is 1. The van der Waals surface area contributed by atoms with Crippen LogP contribution in [0.5, 0.6) is 11.5 Å². The van der Waals surface area contributed by atoms with Crippen molar-refractivity contribution >= 4 is 15.9 Å². The number of ether oxygens (including phenoxy) is 1. The predicted molar refractivity (Wildman–Crippen MR) is 52.0 cm³/mol. The Kier molecular flexibility index (Phi) is 2.98. The molecule has 0 saturated carbocycles. The van der Waals surface area contributed by atoms with Gasteiger partial charge in [0.1, 0.15) is 0 Å². The first kappa shape index (κ1) is 9.39. The van der Waals surface area contributed by atoms with Crippen LogP contribution in [0.1, 0.15) is 17.3 Å². The van der Waals surface area contributed by atoms with Gasteiger partial charge >= 0.3 is 0 Å². The number of alkyl halides is 1. The molecule has 1 aromatic rings. The maximum atomic E-state index is 9.28. The number of hydrogen-bond acceptors (Lipinski definition) is 2. The van der Waals surface area contributed by atoms with Gasteiger partial charge in [-0.2, -0.15) is 0 Å². The highest BCUT2D eigenvalue weighted by molar-refractivity contribution is 9.09. The third-order valence-corrected chi connectivity index (χ3v) is 2.19. The second-order valence-electron chi connectivity index (χ2n) is 2.55. The van der Waals surface area contributed by atoms with Crippen LogP contribution >= 0.6 is 15.9 Å². The van der Waals surface area contributed by atoms with Crippen molar-refractivity contribution in [2.75, 3.05) is 7.11 Å². The zero-order valence-electron chi connectivity index (χ0n) is 7.04. The highest BCUT2D eigenvalue weighted by Crippen LogP contribution is 2.31. The molecule has 0 aliphatic carbocycles. The number of methoxy groups -OCH3 is 1. The van der Waals surface area contributed by atoms with Crippen LogP contribution < -0.4 is 4.74 Å². The fourth-order valence-corrected chi connectivity index (χ4v) is 1.23. The normalized spacial score (nSPS) is 12.6. The van der Waals surface area contributed by atoms with Gasteiger partial charge in [-0.3, -0.25) is 0 Å². The van der Waals surface area contributed by atoms with E-state index >= 15 is 0 Å². The monoisotopic (exact) mass is 230 g/mol. The molecule has 0 aliphatic heterocycles. The summed E-state index contributed by atoms with van der Waals surface area (Å²) in [7, 11) is 1.54. The quantitative estimate of drug-likeness (QED) is 0.793. The Morgan fingerprint density at radius 2 is 2.17 bits per heavy atom. The van der Waals surface area contributed by atoms with Crippen LogP contribution in [0.25, 0.3) is 0 Å². The van der Waals surface area contributed by atoms with E-state index in [4.69, 9.17) is 4.74 Å². The summed E-state index contributed by atoms with van der Waals surface area (Å²) in [6.07, 6.45) is 0. The molecular weight excluding hydrogens is 220 g/mol. The Hall–Kier alpha value is -0.700.